The molecule has 2 N–H and O–H groups in total. The Kier molecular flexibility index (Phi) is 3.06. The van der Waals surface area contributed by atoms with Crippen LogP contribution < -0.4 is 5.32 Å². The molecule has 0 bridgehead atoms. The van der Waals surface area contributed by atoms with Gasteiger partial charge in [-0.15, -0.1) is 0 Å². The molecule has 0 spiro atoms. The number of carboxylic acid groups (broad SMARTS) is 1. The topological polar surface area (TPSA) is 79.5 Å². The molecular formula is C14H15NO4. The van der Waals surface area contributed by atoms with Crippen molar-refractivity contribution in [2.75, 3.05) is 0 Å². The summed E-state index contributed by atoms with van der Waals surface area (Å²) in [5.74, 6) is -1.48. The number of carbonyl (C=O) groups is 2. The van der Waals surface area contributed by atoms with Crippen molar-refractivity contribution in [1.82, 2.24) is 5.32 Å². The lowest BCUT2D eigenvalue weighted by molar-refractivity contribution is -0.143. The third-order valence-corrected chi connectivity index (χ3v) is 3.01. The highest BCUT2D eigenvalue weighted by Crippen LogP contribution is 2.25. The maximum Gasteiger partial charge on any atom is 0.328 e. The summed E-state index contributed by atoms with van der Waals surface area (Å²) in [7, 11) is 0. The van der Waals surface area contributed by atoms with Crippen molar-refractivity contribution in [2.24, 2.45) is 0 Å². The van der Waals surface area contributed by atoms with Gasteiger partial charge < -0.3 is 14.8 Å². The van der Waals surface area contributed by atoms with E-state index in [-0.39, 0.29) is 5.76 Å². The Morgan fingerprint density at radius 3 is 2.47 bits per heavy atom. The van der Waals surface area contributed by atoms with Gasteiger partial charge in [0.15, 0.2) is 5.76 Å². The van der Waals surface area contributed by atoms with Gasteiger partial charge in [0, 0.05) is 10.9 Å². The maximum absolute atomic E-state index is 12.1. The average molecular weight is 261 g/mol. The molecule has 1 aromatic heterocycles. The number of fused-ring (bicyclic) bond motifs is 1. The Labute approximate surface area is 110 Å². The molecule has 0 aliphatic carbocycles. The van der Waals surface area contributed by atoms with Gasteiger partial charge in [-0.1, -0.05) is 18.2 Å². The van der Waals surface area contributed by atoms with E-state index in [0.717, 1.165) is 5.39 Å². The second-order valence-corrected chi connectivity index (χ2v) is 4.94. The van der Waals surface area contributed by atoms with Gasteiger partial charge in [0.25, 0.3) is 5.91 Å². The Hall–Kier alpha value is -2.30. The largest absolute Gasteiger partial charge is 0.480 e. The zero-order valence-electron chi connectivity index (χ0n) is 11.0. The number of carbonyl (C=O) groups excluding carboxylic acids is 1. The lowest BCUT2D eigenvalue weighted by Gasteiger charge is -2.20. The minimum atomic E-state index is -1.34. The van der Waals surface area contributed by atoms with Crippen molar-refractivity contribution in [3.8, 4) is 0 Å². The number of hydrogen-bond acceptors (Lipinski definition) is 3. The molecule has 0 aliphatic heterocycles. The number of amides is 1. The van der Waals surface area contributed by atoms with E-state index in [4.69, 9.17) is 9.52 Å². The number of hydrogen-bond donors (Lipinski definition) is 2. The third kappa shape index (κ3) is 2.31. The van der Waals surface area contributed by atoms with Gasteiger partial charge >= 0.3 is 5.97 Å². The number of carboxylic acids is 1. The lowest BCUT2D eigenvalue weighted by Crippen LogP contribution is -2.49. The fourth-order valence-corrected chi connectivity index (χ4v) is 1.78. The molecule has 0 atom stereocenters. The van der Waals surface area contributed by atoms with Crippen molar-refractivity contribution >= 4 is 22.8 Å². The number of benzene rings is 1. The van der Waals surface area contributed by atoms with Crippen LogP contribution >= 0.6 is 0 Å². The summed E-state index contributed by atoms with van der Waals surface area (Å²) in [6.45, 7) is 4.62. The van der Waals surface area contributed by atoms with Gasteiger partial charge in [0.1, 0.15) is 11.1 Å². The van der Waals surface area contributed by atoms with Gasteiger partial charge in [0.05, 0.1) is 0 Å². The van der Waals surface area contributed by atoms with E-state index in [1.54, 1.807) is 13.0 Å². The molecule has 0 fully saturated rings. The first-order chi connectivity index (χ1) is 8.83. The molecule has 5 heteroatoms. The molecule has 2 rings (SSSR count). The zero-order chi connectivity index (χ0) is 14.2. The molecule has 5 nitrogen and oxygen atoms in total. The first kappa shape index (κ1) is 13.1. The van der Waals surface area contributed by atoms with Crippen LogP contribution in [0.15, 0.2) is 28.7 Å². The van der Waals surface area contributed by atoms with Gasteiger partial charge in [0.2, 0.25) is 0 Å². The van der Waals surface area contributed by atoms with E-state index in [1.807, 2.05) is 18.2 Å². The number of aliphatic carboxylic acids is 1. The zero-order valence-corrected chi connectivity index (χ0v) is 11.0. The second kappa shape index (κ2) is 4.42. The highest BCUT2D eigenvalue weighted by Gasteiger charge is 2.31. The molecule has 2 aromatic rings. The summed E-state index contributed by atoms with van der Waals surface area (Å²) in [6, 6.07) is 7.29. The smallest absolute Gasteiger partial charge is 0.328 e. The minimum Gasteiger partial charge on any atom is -0.480 e. The summed E-state index contributed by atoms with van der Waals surface area (Å²) >= 11 is 0. The quantitative estimate of drug-likeness (QED) is 0.888. The van der Waals surface area contributed by atoms with Crippen molar-refractivity contribution in [1.29, 1.82) is 0 Å². The Bertz CT molecular complexity index is 655. The van der Waals surface area contributed by atoms with Gasteiger partial charge in [-0.25, -0.2) is 4.79 Å². The van der Waals surface area contributed by atoms with E-state index >= 15 is 0 Å². The summed E-state index contributed by atoms with van der Waals surface area (Å²) in [4.78, 5) is 23.1. The van der Waals surface area contributed by atoms with Crippen molar-refractivity contribution in [3.05, 3.63) is 35.6 Å². The van der Waals surface area contributed by atoms with Gasteiger partial charge in [-0.3, -0.25) is 4.79 Å². The summed E-state index contributed by atoms with van der Waals surface area (Å²) in [5, 5.41) is 12.3. The van der Waals surface area contributed by atoms with E-state index < -0.39 is 17.4 Å². The summed E-state index contributed by atoms with van der Waals surface area (Å²) in [6.07, 6.45) is 0. The first-order valence-corrected chi connectivity index (χ1v) is 5.87. The van der Waals surface area contributed by atoms with Crippen LogP contribution in [0.25, 0.3) is 11.0 Å². The molecule has 1 aromatic carbocycles. The van der Waals surface area contributed by atoms with Crippen molar-refractivity contribution in [3.63, 3.8) is 0 Å². The van der Waals surface area contributed by atoms with Crippen molar-refractivity contribution < 1.29 is 19.1 Å². The molecular weight excluding hydrogens is 246 g/mol. The highest BCUT2D eigenvalue weighted by atomic mass is 16.4. The maximum atomic E-state index is 12.1. The molecule has 0 saturated carbocycles. The van der Waals surface area contributed by atoms with Crippen LogP contribution in [0.2, 0.25) is 0 Å². The molecule has 1 heterocycles. The van der Waals surface area contributed by atoms with Crippen LogP contribution in [-0.2, 0) is 4.79 Å². The van der Waals surface area contributed by atoms with Crippen LogP contribution in [-0.4, -0.2) is 22.5 Å². The molecule has 0 aliphatic rings. The van der Waals surface area contributed by atoms with Crippen LogP contribution in [0.3, 0.4) is 0 Å². The minimum absolute atomic E-state index is 0.149. The normalized spacial score (nSPS) is 11.5. The second-order valence-electron chi connectivity index (χ2n) is 4.94. The standard InChI is InChI=1S/C14H15NO4/c1-8-9-6-4-5-7-10(9)19-11(8)12(16)15-14(2,3)13(17)18/h4-7H,1-3H3,(H,15,16)(H,17,18). The van der Waals surface area contributed by atoms with Gasteiger partial charge in [-0.05, 0) is 26.8 Å². The summed E-state index contributed by atoms with van der Waals surface area (Å²) < 4.78 is 5.48. The van der Waals surface area contributed by atoms with Crippen LogP contribution in [0.1, 0.15) is 30.0 Å². The number of aryl methyl sites for hydroxylation is 1. The molecule has 1 amide bonds. The molecule has 19 heavy (non-hydrogen) atoms. The number of nitrogens with one attached hydrogen (secondary N) is 1. The Balaban J connectivity index is 2.37. The fourth-order valence-electron chi connectivity index (χ4n) is 1.78. The number of rotatable bonds is 3. The average Bonchev–Trinajstić information content (AvgIpc) is 2.67. The Morgan fingerprint density at radius 1 is 1.26 bits per heavy atom. The van der Waals surface area contributed by atoms with Crippen LogP contribution in [0, 0.1) is 6.92 Å². The van der Waals surface area contributed by atoms with Crippen LogP contribution in [0.4, 0.5) is 0 Å². The van der Waals surface area contributed by atoms with E-state index in [1.165, 1.54) is 13.8 Å². The van der Waals surface area contributed by atoms with Gasteiger partial charge in [-0.2, -0.15) is 0 Å². The van der Waals surface area contributed by atoms with E-state index in [9.17, 15) is 9.59 Å². The number of furan rings is 1. The predicted octanol–water partition coefficient (Wildman–Crippen LogP) is 2.33. The lowest BCUT2D eigenvalue weighted by atomic mass is 10.1. The SMILES string of the molecule is Cc1c(C(=O)NC(C)(C)C(=O)O)oc2ccccc12. The highest BCUT2D eigenvalue weighted by molar-refractivity contribution is 6.00. The summed E-state index contributed by atoms with van der Waals surface area (Å²) in [5.41, 5.74) is -0.0322. The monoisotopic (exact) mass is 261 g/mol. The van der Waals surface area contributed by atoms with E-state index in [2.05, 4.69) is 5.32 Å². The molecule has 100 valence electrons. The molecule has 0 radical (unpaired) electrons. The predicted molar refractivity (Wildman–Crippen MR) is 70.1 cm³/mol. The Morgan fingerprint density at radius 2 is 1.89 bits per heavy atom. The fraction of sp³-hybridized carbons (Fsp3) is 0.286. The third-order valence-electron chi connectivity index (χ3n) is 3.01. The molecule has 0 unspecified atom stereocenters. The first-order valence-electron chi connectivity index (χ1n) is 5.87. The molecule has 0 saturated heterocycles. The number of para-hydroxylation sites is 1. The van der Waals surface area contributed by atoms with E-state index in [0.29, 0.717) is 11.1 Å². The van der Waals surface area contributed by atoms with Crippen molar-refractivity contribution in [2.45, 2.75) is 26.3 Å². The van der Waals surface area contributed by atoms with Crippen LogP contribution in [0.5, 0.6) is 0 Å².